The Kier molecular flexibility index (Phi) is 5.32. The summed E-state index contributed by atoms with van der Waals surface area (Å²) in [5.41, 5.74) is 0. The van der Waals surface area contributed by atoms with E-state index in [0.29, 0.717) is 12.8 Å². The number of aldehydes is 1. The van der Waals surface area contributed by atoms with E-state index in [9.17, 15) is 9.59 Å². The number of nitrogens with zero attached hydrogens (tertiary/aromatic N) is 1. The predicted molar refractivity (Wildman–Crippen MR) is 58.6 cm³/mol. The molecule has 1 unspecified atom stereocenters. The molecule has 1 saturated heterocycles. The van der Waals surface area contributed by atoms with E-state index < -0.39 is 0 Å². The molecule has 0 saturated carbocycles. The Balaban J connectivity index is 2.33. The monoisotopic (exact) mass is 212 g/mol. The molecule has 1 rings (SSSR count). The summed E-state index contributed by atoms with van der Waals surface area (Å²) in [7, 11) is 1.62. The van der Waals surface area contributed by atoms with Crippen LogP contribution in [0, 0.1) is 0 Å². The van der Waals surface area contributed by atoms with E-state index >= 15 is 0 Å². The molecule has 15 heavy (non-hydrogen) atoms. The van der Waals surface area contributed by atoms with E-state index in [1.165, 1.54) is 19.3 Å². The van der Waals surface area contributed by atoms with Gasteiger partial charge in [0.25, 0.3) is 0 Å². The lowest BCUT2D eigenvalue weighted by atomic mass is 10.1. The molecule has 0 aromatic heterocycles. The van der Waals surface area contributed by atoms with Crippen LogP contribution < -0.4 is 5.32 Å². The van der Waals surface area contributed by atoms with Crippen LogP contribution in [-0.4, -0.2) is 43.3 Å². The molecule has 0 bridgehead atoms. The Bertz CT molecular complexity index is 213. The van der Waals surface area contributed by atoms with Crippen LogP contribution in [0.1, 0.15) is 32.1 Å². The van der Waals surface area contributed by atoms with Crippen LogP contribution in [0.4, 0.5) is 0 Å². The van der Waals surface area contributed by atoms with Gasteiger partial charge in [-0.3, -0.25) is 9.69 Å². The van der Waals surface area contributed by atoms with Crippen molar-refractivity contribution in [1.29, 1.82) is 0 Å². The first kappa shape index (κ1) is 12.2. The highest BCUT2D eigenvalue weighted by molar-refractivity contribution is 5.76. The molecule has 1 atom stereocenters. The lowest BCUT2D eigenvalue weighted by Crippen LogP contribution is -2.40. The number of likely N-dealkylation sites (tertiary alicyclic amines) is 1. The highest BCUT2D eigenvalue weighted by Gasteiger charge is 2.20. The maximum Gasteiger partial charge on any atom is 0.219 e. The molecule has 0 spiro atoms. The largest absolute Gasteiger partial charge is 0.359 e. The Morgan fingerprint density at radius 1 is 1.40 bits per heavy atom. The van der Waals surface area contributed by atoms with Crippen molar-refractivity contribution in [2.45, 2.75) is 38.1 Å². The second-order valence-corrected chi connectivity index (χ2v) is 4.01. The van der Waals surface area contributed by atoms with Gasteiger partial charge in [-0.2, -0.15) is 0 Å². The SMILES string of the molecule is CNC(=O)CCC(C=O)N1CCCCC1. The summed E-state index contributed by atoms with van der Waals surface area (Å²) in [5.74, 6) is 0.0128. The average molecular weight is 212 g/mol. The summed E-state index contributed by atoms with van der Waals surface area (Å²) in [4.78, 5) is 24.2. The van der Waals surface area contributed by atoms with Crippen LogP contribution in [0.15, 0.2) is 0 Å². The zero-order chi connectivity index (χ0) is 11.1. The number of hydrogen-bond acceptors (Lipinski definition) is 3. The predicted octanol–water partition coefficient (Wildman–Crippen LogP) is 0.566. The van der Waals surface area contributed by atoms with Gasteiger partial charge in [0.1, 0.15) is 6.29 Å². The molecule has 1 fully saturated rings. The Morgan fingerprint density at radius 3 is 2.60 bits per heavy atom. The first-order valence-electron chi connectivity index (χ1n) is 5.68. The van der Waals surface area contributed by atoms with Crippen LogP contribution in [0.2, 0.25) is 0 Å². The number of nitrogens with one attached hydrogen (secondary N) is 1. The fraction of sp³-hybridized carbons (Fsp3) is 0.818. The fourth-order valence-electron chi connectivity index (χ4n) is 1.99. The highest BCUT2D eigenvalue weighted by atomic mass is 16.1. The van der Waals surface area contributed by atoms with Gasteiger partial charge in [0.15, 0.2) is 0 Å². The van der Waals surface area contributed by atoms with Crippen molar-refractivity contribution in [3.05, 3.63) is 0 Å². The summed E-state index contributed by atoms with van der Waals surface area (Å²) < 4.78 is 0. The van der Waals surface area contributed by atoms with Crippen LogP contribution in [0.5, 0.6) is 0 Å². The molecule has 0 aromatic rings. The number of rotatable bonds is 5. The summed E-state index contributed by atoms with van der Waals surface area (Å²) in [5, 5.41) is 2.57. The van der Waals surface area contributed by atoms with Gasteiger partial charge in [-0.1, -0.05) is 6.42 Å². The fourth-order valence-corrected chi connectivity index (χ4v) is 1.99. The summed E-state index contributed by atoms with van der Waals surface area (Å²) in [6.45, 7) is 1.99. The topological polar surface area (TPSA) is 49.4 Å². The van der Waals surface area contributed by atoms with Crippen molar-refractivity contribution >= 4 is 12.2 Å². The molecule has 1 aliphatic heterocycles. The van der Waals surface area contributed by atoms with Crippen LogP contribution in [0.25, 0.3) is 0 Å². The molecule has 4 heteroatoms. The van der Waals surface area contributed by atoms with Crippen molar-refractivity contribution in [3.63, 3.8) is 0 Å². The number of carbonyl (C=O) groups is 2. The van der Waals surface area contributed by atoms with Crippen LogP contribution in [0.3, 0.4) is 0 Å². The van der Waals surface area contributed by atoms with E-state index in [1.807, 2.05) is 0 Å². The van der Waals surface area contributed by atoms with Gasteiger partial charge < -0.3 is 10.1 Å². The van der Waals surface area contributed by atoms with Gasteiger partial charge in [0.2, 0.25) is 5.91 Å². The smallest absolute Gasteiger partial charge is 0.219 e. The average Bonchev–Trinajstić information content (AvgIpc) is 2.31. The molecule has 4 nitrogen and oxygen atoms in total. The normalized spacial score (nSPS) is 19.5. The highest BCUT2D eigenvalue weighted by Crippen LogP contribution is 2.14. The summed E-state index contributed by atoms with van der Waals surface area (Å²) >= 11 is 0. The Hall–Kier alpha value is -0.900. The Labute approximate surface area is 91.0 Å². The molecule has 1 aliphatic rings. The van der Waals surface area contributed by atoms with Crippen LogP contribution >= 0.6 is 0 Å². The molecule has 1 heterocycles. The molecule has 0 aliphatic carbocycles. The van der Waals surface area contributed by atoms with Gasteiger partial charge in [-0.25, -0.2) is 0 Å². The van der Waals surface area contributed by atoms with Crippen molar-refractivity contribution < 1.29 is 9.59 Å². The zero-order valence-corrected chi connectivity index (χ0v) is 9.37. The number of amides is 1. The van der Waals surface area contributed by atoms with E-state index in [4.69, 9.17) is 0 Å². The summed E-state index contributed by atoms with van der Waals surface area (Å²) in [6, 6.07) is -0.0670. The third kappa shape index (κ3) is 4.00. The number of hydrogen-bond donors (Lipinski definition) is 1. The molecule has 86 valence electrons. The molecule has 0 radical (unpaired) electrons. The molecule has 0 aromatic carbocycles. The van der Waals surface area contributed by atoms with E-state index in [-0.39, 0.29) is 11.9 Å². The second-order valence-electron chi connectivity index (χ2n) is 4.01. The van der Waals surface area contributed by atoms with E-state index in [1.54, 1.807) is 7.05 Å². The third-order valence-electron chi connectivity index (χ3n) is 2.96. The third-order valence-corrected chi connectivity index (χ3v) is 2.96. The van der Waals surface area contributed by atoms with Crippen molar-refractivity contribution in [3.8, 4) is 0 Å². The standard InChI is InChI=1S/C11H20N2O2/c1-12-11(15)6-5-10(9-14)13-7-3-2-4-8-13/h9-10H,2-8H2,1H3,(H,12,15). The lowest BCUT2D eigenvalue weighted by molar-refractivity contribution is -0.121. The van der Waals surface area contributed by atoms with E-state index in [0.717, 1.165) is 19.4 Å². The van der Waals surface area contributed by atoms with E-state index in [2.05, 4.69) is 10.2 Å². The Morgan fingerprint density at radius 2 is 2.07 bits per heavy atom. The van der Waals surface area contributed by atoms with Crippen molar-refractivity contribution in [2.24, 2.45) is 0 Å². The first-order valence-corrected chi connectivity index (χ1v) is 5.68. The molecule has 1 N–H and O–H groups in total. The van der Waals surface area contributed by atoms with Gasteiger partial charge >= 0.3 is 0 Å². The van der Waals surface area contributed by atoms with Gasteiger partial charge in [-0.05, 0) is 32.4 Å². The second kappa shape index (κ2) is 6.56. The summed E-state index contributed by atoms with van der Waals surface area (Å²) in [6.07, 6.45) is 5.67. The minimum absolute atomic E-state index is 0.0128. The lowest BCUT2D eigenvalue weighted by Gasteiger charge is -2.31. The van der Waals surface area contributed by atoms with Gasteiger partial charge in [0.05, 0.1) is 6.04 Å². The van der Waals surface area contributed by atoms with Crippen LogP contribution in [-0.2, 0) is 9.59 Å². The number of piperidine rings is 1. The van der Waals surface area contributed by atoms with Gasteiger partial charge in [0, 0.05) is 13.5 Å². The maximum absolute atomic E-state index is 11.1. The van der Waals surface area contributed by atoms with Gasteiger partial charge in [-0.15, -0.1) is 0 Å². The zero-order valence-electron chi connectivity index (χ0n) is 9.37. The minimum atomic E-state index is -0.0670. The molecular formula is C11H20N2O2. The van der Waals surface area contributed by atoms with Crippen molar-refractivity contribution in [2.75, 3.05) is 20.1 Å². The molecular weight excluding hydrogens is 192 g/mol. The number of carbonyl (C=O) groups excluding carboxylic acids is 2. The minimum Gasteiger partial charge on any atom is -0.359 e. The molecule has 1 amide bonds. The maximum atomic E-state index is 11.1. The van der Waals surface area contributed by atoms with Crippen molar-refractivity contribution in [1.82, 2.24) is 10.2 Å². The first-order chi connectivity index (χ1) is 7.27. The quantitative estimate of drug-likeness (QED) is 0.678.